The molecule has 1 N–H and O–H groups in total. The number of pyridine rings is 1. The van der Waals surface area contributed by atoms with Gasteiger partial charge in [-0.25, -0.2) is 0 Å². The van der Waals surface area contributed by atoms with Gasteiger partial charge in [-0.3, -0.25) is 4.98 Å². The summed E-state index contributed by atoms with van der Waals surface area (Å²) in [6, 6.07) is 4.20. The van der Waals surface area contributed by atoms with E-state index in [2.05, 4.69) is 33.2 Å². The van der Waals surface area contributed by atoms with Crippen molar-refractivity contribution in [3.8, 4) is 0 Å². The zero-order valence-electron chi connectivity index (χ0n) is 13.9. The molecule has 0 saturated carbocycles. The maximum Gasteiger partial charge on any atom is 0.0312 e. The van der Waals surface area contributed by atoms with Gasteiger partial charge in [0, 0.05) is 38.6 Å². The summed E-state index contributed by atoms with van der Waals surface area (Å²) in [5.74, 6) is 1.76. The smallest absolute Gasteiger partial charge is 0.0312 e. The predicted octanol–water partition coefficient (Wildman–Crippen LogP) is 1.83. The summed E-state index contributed by atoms with van der Waals surface area (Å²) in [4.78, 5) is 9.37. The number of rotatable bonds is 6. The van der Waals surface area contributed by atoms with E-state index in [1.54, 1.807) is 0 Å². The Bertz CT molecular complexity index is 430. The highest BCUT2D eigenvalue weighted by Gasteiger charge is 2.26. The van der Waals surface area contributed by atoms with E-state index in [0.29, 0.717) is 0 Å². The van der Waals surface area contributed by atoms with Gasteiger partial charge in [0.15, 0.2) is 0 Å². The highest BCUT2D eigenvalue weighted by Crippen LogP contribution is 2.21. The molecule has 1 atom stereocenters. The van der Waals surface area contributed by atoms with Crippen molar-refractivity contribution in [2.75, 3.05) is 46.3 Å². The molecule has 1 aromatic heterocycles. The molecule has 2 aliphatic heterocycles. The molecule has 2 fully saturated rings. The topological polar surface area (TPSA) is 31.4 Å². The van der Waals surface area contributed by atoms with E-state index in [1.807, 2.05) is 18.5 Å². The van der Waals surface area contributed by atoms with Crippen LogP contribution in [0.3, 0.4) is 0 Å². The van der Waals surface area contributed by atoms with Crippen molar-refractivity contribution >= 4 is 0 Å². The van der Waals surface area contributed by atoms with Gasteiger partial charge < -0.3 is 15.1 Å². The fraction of sp³-hybridized carbons (Fsp3) is 0.722. The largest absolute Gasteiger partial charge is 0.317 e. The van der Waals surface area contributed by atoms with Crippen LogP contribution in [-0.4, -0.2) is 61.1 Å². The maximum absolute atomic E-state index is 4.21. The molecule has 3 rings (SSSR count). The number of hydrogen-bond donors (Lipinski definition) is 1. The molecule has 1 unspecified atom stereocenters. The molecular formula is C18H30N4. The van der Waals surface area contributed by atoms with Gasteiger partial charge in [0.2, 0.25) is 0 Å². The minimum Gasteiger partial charge on any atom is -0.317 e. The summed E-state index contributed by atoms with van der Waals surface area (Å²) in [5.41, 5.74) is 1.31. The first kappa shape index (κ1) is 15.9. The van der Waals surface area contributed by atoms with E-state index < -0.39 is 0 Å². The van der Waals surface area contributed by atoms with Crippen molar-refractivity contribution in [3.63, 3.8) is 0 Å². The molecule has 4 nitrogen and oxygen atoms in total. The van der Waals surface area contributed by atoms with Crippen LogP contribution in [-0.2, 0) is 6.54 Å². The van der Waals surface area contributed by atoms with Gasteiger partial charge in [0.25, 0.3) is 0 Å². The molecule has 3 heterocycles. The molecular weight excluding hydrogens is 272 g/mol. The molecule has 2 saturated heterocycles. The van der Waals surface area contributed by atoms with Crippen molar-refractivity contribution in [1.82, 2.24) is 20.1 Å². The highest BCUT2D eigenvalue weighted by molar-refractivity contribution is 5.07. The monoisotopic (exact) mass is 302 g/mol. The Morgan fingerprint density at radius 1 is 1.27 bits per heavy atom. The third-order valence-corrected chi connectivity index (χ3v) is 5.09. The van der Waals surface area contributed by atoms with Gasteiger partial charge >= 0.3 is 0 Å². The molecule has 0 aliphatic carbocycles. The van der Waals surface area contributed by atoms with Crippen LogP contribution in [0.5, 0.6) is 0 Å². The Morgan fingerprint density at radius 2 is 2.14 bits per heavy atom. The van der Waals surface area contributed by atoms with Crippen molar-refractivity contribution in [1.29, 1.82) is 0 Å². The zero-order chi connectivity index (χ0) is 15.2. The Labute approximate surface area is 134 Å². The normalized spacial score (nSPS) is 24.2. The van der Waals surface area contributed by atoms with Gasteiger partial charge in [0.1, 0.15) is 0 Å². The molecule has 0 spiro atoms. The molecule has 0 aromatic carbocycles. The van der Waals surface area contributed by atoms with E-state index >= 15 is 0 Å². The quantitative estimate of drug-likeness (QED) is 0.869. The molecule has 1 aromatic rings. The lowest BCUT2D eigenvalue weighted by atomic mass is 9.98. The lowest BCUT2D eigenvalue weighted by molar-refractivity contribution is 0.220. The van der Waals surface area contributed by atoms with Gasteiger partial charge in [-0.05, 0) is 69.4 Å². The van der Waals surface area contributed by atoms with E-state index in [0.717, 1.165) is 18.4 Å². The minimum absolute atomic E-state index is 0.836. The van der Waals surface area contributed by atoms with Crippen LogP contribution in [0, 0.1) is 11.8 Å². The Hall–Kier alpha value is -0.970. The lowest BCUT2D eigenvalue weighted by Gasteiger charge is -2.27. The number of nitrogens with one attached hydrogen (secondary N) is 1. The third-order valence-electron chi connectivity index (χ3n) is 5.09. The second kappa shape index (κ2) is 8.04. The molecule has 0 bridgehead atoms. The van der Waals surface area contributed by atoms with Crippen molar-refractivity contribution < 1.29 is 0 Å². The molecule has 4 heteroatoms. The van der Waals surface area contributed by atoms with Crippen molar-refractivity contribution in [3.05, 3.63) is 30.1 Å². The zero-order valence-corrected chi connectivity index (χ0v) is 13.9. The van der Waals surface area contributed by atoms with Gasteiger partial charge in [-0.2, -0.15) is 0 Å². The van der Waals surface area contributed by atoms with Crippen LogP contribution in [0.15, 0.2) is 24.5 Å². The Kier molecular flexibility index (Phi) is 5.82. The van der Waals surface area contributed by atoms with Crippen molar-refractivity contribution in [2.45, 2.75) is 25.8 Å². The molecule has 22 heavy (non-hydrogen) atoms. The van der Waals surface area contributed by atoms with Gasteiger partial charge in [-0.15, -0.1) is 0 Å². The van der Waals surface area contributed by atoms with Crippen LogP contribution < -0.4 is 5.32 Å². The highest BCUT2D eigenvalue weighted by atomic mass is 15.2. The molecule has 0 amide bonds. The van der Waals surface area contributed by atoms with E-state index in [1.165, 1.54) is 64.1 Å². The molecule has 2 aliphatic rings. The summed E-state index contributed by atoms with van der Waals surface area (Å²) in [6.07, 6.45) is 7.92. The first-order valence-corrected chi connectivity index (χ1v) is 8.80. The average molecular weight is 302 g/mol. The molecule has 0 radical (unpaired) electrons. The minimum atomic E-state index is 0.836. The average Bonchev–Trinajstić information content (AvgIpc) is 2.96. The lowest BCUT2D eigenvalue weighted by Crippen LogP contribution is -2.35. The number of aromatic nitrogens is 1. The Balaban J connectivity index is 1.38. The fourth-order valence-electron chi connectivity index (χ4n) is 3.97. The third kappa shape index (κ3) is 4.77. The number of nitrogens with zero attached hydrogens (tertiary/aromatic N) is 3. The van der Waals surface area contributed by atoms with Gasteiger partial charge in [0.05, 0.1) is 0 Å². The number of hydrogen-bond acceptors (Lipinski definition) is 4. The summed E-state index contributed by atoms with van der Waals surface area (Å²) in [6.45, 7) is 8.57. The first-order chi connectivity index (χ1) is 10.8. The Morgan fingerprint density at radius 3 is 2.91 bits per heavy atom. The summed E-state index contributed by atoms with van der Waals surface area (Å²) < 4.78 is 0. The van der Waals surface area contributed by atoms with Crippen LogP contribution in [0.4, 0.5) is 0 Å². The van der Waals surface area contributed by atoms with Crippen LogP contribution in [0.1, 0.15) is 24.8 Å². The predicted molar refractivity (Wildman–Crippen MR) is 90.7 cm³/mol. The standard InChI is InChI=1S/C18H30N4/c1-21(12-17-3-2-7-20-11-17)13-18-6-10-22(15-18)14-16-4-8-19-9-5-16/h2-3,7,11,16,18-19H,4-6,8-10,12-15H2,1H3. The van der Waals surface area contributed by atoms with Crippen LogP contribution >= 0.6 is 0 Å². The SMILES string of the molecule is CN(Cc1cccnc1)CC1CCN(CC2CCNCC2)C1. The summed E-state index contributed by atoms with van der Waals surface area (Å²) in [7, 11) is 2.24. The van der Waals surface area contributed by atoms with Crippen molar-refractivity contribution in [2.24, 2.45) is 11.8 Å². The van der Waals surface area contributed by atoms with E-state index in [4.69, 9.17) is 0 Å². The summed E-state index contributed by atoms with van der Waals surface area (Å²) >= 11 is 0. The summed E-state index contributed by atoms with van der Waals surface area (Å²) in [5, 5.41) is 3.47. The fourth-order valence-corrected chi connectivity index (χ4v) is 3.97. The maximum atomic E-state index is 4.21. The van der Waals surface area contributed by atoms with E-state index in [9.17, 15) is 0 Å². The van der Waals surface area contributed by atoms with Crippen LogP contribution in [0.25, 0.3) is 0 Å². The second-order valence-electron chi connectivity index (χ2n) is 7.17. The second-order valence-corrected chi connectivity index (χ2v) is 7.17. The molecule has 122 valence electrons. The number of piperidine rings is 1. The van der Waals surface area contributed by atoms with E-state index in [-0.39, 0.29) is 0 Å². The first-order valence-electron chi connectivity index (χ1n) is 8.80. The number of likely N-dealkylation sites (tertiary alicyclic amines) is 1. The van der Waals surface area contributed by atoms with Gasteiger partial charge in [-0.1, -0.05) is 6.07 Å². The van der Waals surface area contributed by atoms with Crippen LogP contribution in [0.2, 0.25) is 0 Å².